The van der Waals surface area contributed by atoms with Crippen LogP contribution in [0.4, 0.5) is 10.8 Å². The van der Waals surface area contributed by atoms with E-state index in [1.165, 1.54) is 11.5 Å². The average molecular weight is 209 g/mol. The van der Waals surface area contributed by atoms with Gasteiger partial charge < -0.3 is 5.32 Å². The highest BCUT2D eigenvalue weighted by atomic mass is 32.1. The first-order valence-electron chi connectivity index (χ1n) is 4.23. The minimum Gasteiger partial charge on any atom is -0.327 e. The molecule has 0 amide bonds. The number of aromatic nitrogens is 4. The second kappa shape index (κ2) is 3.38. The molecule has 0 radical (unpaired) electrons. The van der Waals surface area contributed by atoms with Gasteiger partial charge >= 0.3 is 0 Å². The number of rotatable bonds is 2. The van der Waals surface area contributed by atoms with E-state index in [0.29, 0.717) is 0 Å². The van der Waals surface area contributed by atoms with Crippen LogP contribution in [0.5, 0.6) is 0 Å². The lowest BCUT2D eigenvalue weighted by atomic mass is 10.4. The second-order valence-electron chi connectivity index (χ2n) is 3.07. The first-order chi connectivity index (χ1) is 6.65. The molecular formula is C8H11N5S. The summed E-state index contributed by atoms with van der Waals surface area (Å²) in [6.45, 7) is 3.83. The third-order valence-corrected chi connectivity index (χ3v) is 2.50. The van der Waals surface area contributed by atoms with Crippen molar-refractivity contribution < 1.29 is 0 Å². The molecule has 0 atom stereocenters. The molecule has 0 aliphatic rings. The van der Waals surface area contributed by atoms with Crippen molar-refractivity contribution in [2.24, 2.45) is 7.05 Å². The maximum Gasteiger partial charge on any atom is 0.207 e. The highest BCUT2D eigenvalue weighted by Crippen LogP contribution is 2.20. The number of aryl methyl sites for hydroxylation is 3. The summed E-state index contributed by atoms with van der Waals surface area (Å²) in [5.41, 5.74) is 1.93. The van der Waals surface area contributed by atoms with Crippen molar-refractivity contribution in [1.82, 2.24) is 19.1 Å². The molecule has 0 unspecified atom stereocenters. The second-order valence-corrected chi connectivity index (χ2v) is 3.83. The Morgan fingerprint density at radius 1 is 1.43 bits per heavy atom. The van der Waals surface area contributed by atoms with Crippen molar-refractivity contribution in [2.45, 2.75) is 13.8 Å². The molecule has 0 aliphatic heterocycles. The smallest absolute Gasteiger partial charge is 0.207 e. The summed E-state index contributed by atoms with van der Waals surface area (Å²) >= 11 is 1.35. The van der Waals surface area contributed by atoms with Crippen LogP contribution in [0.2, 0.25) is 0 Å². The molecule has 2 heterocycles. The van der Waals surface area contributed by atoms with Crippen LogP contribution in [-0.2, 0) is 7.05 Å². The predicted octanol–water partition coefficient (Wildman–Crippen LogP) is 1.63. The Kier molecular flexibility index (Phi) is 2.20. The molecule has 74 valence electrons. The summed E-state index contributed by atoms with van der Waals surface area (Å²) < 4.78 is 5.86. The minimum absolute atomic E-state index is 0.791. The highest BCUT2D eigenvalue weighted by Gasteiger charge is 2.05. The fourth-order valence-corrected chi connectivity index (χ4v) is 1.77. The van der Waals surface area contributed by atoms with Crippen molar-refractivity contribution >= 4 is 22.4 Å². The van der Waals surface area contributed by atoms with E-state index in [2.05, 4.69) is 19.8 Å². The summed E-state index contributed by atoms with van der Waals surface area (Å²) in [5.74, 6) is 0.791. The average Bonchev–Trinajstić information content (AvgIpc) is 2.61. The van der Waals surface area contributed by atoms with E-state index >= 15 is 0 Å². The zero-order valence-corrected chi connectivity index (χ0v) is 9.09. The SMILES string of the molecule is Cc1nsc(Nc2cn(C)nc2C)n1. The van der Waals surface area contributed by atoms with Crippen LogP contribution in [0.1, 0.15) is 11.5 Å². The topological polar surface area (TPSA) is 55.6 Å². The molecule has 0 spiro atoms. The van der Waals surface area contributed by atoms with Crippen molar-refractivity contribution in [3.63, 3.8) is 0 Å². The Hall–Kier alpha value is -1.43. The van der Waals surface area contributed by atoms with E-state index in [-0.39, 0.29) is 0 Å². The van der Waals surface area contributed by atoms with Gasteiger partial charge in [0, 0.05) is 24.8 Å². The number of hydrogen-bond donors (Lipinski definition) is 1. The fourth-order valence-electron chi connectivity index (χ4n) is 1.19. The van der Waals surface area contributed by atoms with Crippen LogP contribution in [0, 0.1) is 13.8 Å². The van der Waals surface area contributed by atoms with Gasteiger partial charge in [0.2, 0.25) is 5.13 Å². The van der Waals surface area contributed by atoms with Crippen LogP contribution in [0.25, 0.3) is 0 Å². The normalized spacial score (nSPS) is 10.5. The molecule has 0 aliphatic carbocycles. The number of nitrogens with one attached hydrogen (secondary N) is 1. The number of hydrogen-bond acceptors (Lipinski definition) is 5. The molecule has 0 fully saturated rings. The Morgan fingerprint density at radius 3 is 2.71 bits per heavy atom. The third-order valence-electron chi connectivity index (χ3n) is 1.78. The van der Waals surface area contributed by atoms with Gasteiger partial charge in [0.1, 0.15) is 5.82 Å². The first kappa shape index (κ1) is 9.14. The van der Waals surface area contributed by atoms with Crippen molar-refractivity contribution in [1.29, 1.82) is 0 Å². The lowest BCUT2D eigenvalue weighted by molar-refractivity contribution is 0.756. The van der Waals surface area contributed by atoms with E-state index in [4.69, 9.17) is 0 Å². The van der Waals surface area contributed by atoms with Crippen molar-refractivity contribution in [2.75, 3.05) is 5.32 Å². The lowest BCUT2D eigenvalue weighted by Gasteiger charge is -1.96. The van der Waals surface area contributed by atoms with Gasteiger partial charge in [-0.3, -0.25) is 4.68 Å². The monoisotopic (exact) mass is 209 g/mol. The lowest BCUT2D eigenvalue weighted by Crippen LogP contribution is -1.89. The first-order valence-corrected chi connectivity index (χ1v) is 5.00. The standard InChI is InChI=1S/C8H11N5S/c1-5-7(4-13(3)11-5)10-8-9-6(2)12-14-8/h4H,1-3H3,(H,9,10,12). The fraction of sp³-hybridized carbons (Fsp3) is 0.375. The van der Waals surface area contributed by atoms with Crippen LogP contribution in [0.15, 0.2) is 6.20 Å². The van der Waals surface area contributed by atoms with Gasteiger partial charge in [-0.05, 0) is 13.8 Å². The molecule has 2 rings (SSSR count). The molecule has 2 aromatic rings. The van der Waals surface area contributed by atoms with Gasteiger partial charge in [0.15, 0.2) is 0 Å². The van der Waals surface area contributed by atoms with Gasteiger partial charge in [-0.15, -0.1) is 0 Å². The molecule has 0 saturated heterocycles. The van der Waals surface area contributed by atoms with Gasteiger partial charge in [-0.2, -0.15) is 9.47 Å². The molecule has 1 N–H and O–H groups in total. The maximum atomic E-state index is 4.22. The summed E-state index contributed by atoms with van der Waals surface area (Å²) in [4.78, 5) is 4.22. The maximum absolute atomic E-state index is 4.22. The Bertz CT molecular complexity index is 444. The van der Waals surface area contributed by atoms with Crippen LogP contribution in [-0.4, -0.2) is 19.1 Å². The molecule has 0 aromatic carbocycles. The molecule has 0 bridgehead atoms. The molecule has 14 heavy (non-hydrogen) atoms. The van der Waals surface area contributed by atoms with E-state index in [1.807, 2.05) is 27.1 Å². The summed E-state index contributed by atoms with van der Waals surface area (Å²) in [5, 5.41) is 8.20. The minimum atomic E-state index is 0.791. The highest BCUT2D eigenvalue weighted by molar-refractivity contribution is 7.09. The summed E-state index contributed by atoms with van der Waals surface area (Å²) in [6, 6.07) is 0. The van der Waals surface area contributed by atoms with Crippen molar-refractivity contribution in [3.8, 4) is 0 Å². The van der Waals surface area contributed by atoms with Gasteiger partial charge in [-0.1, -0.05) is 0 Å². The largest absolute Gasteiger partial charge is 0.327 e. The van der Waals surface area contributed by atoms with Crippen LogP contribution < -0.4 is 5.32 Å². The van der Waals surface area contributed by atoms with E-state index in [1.54, 1.807) is 4.68 Å². The van der Waals surface area contributed by atoms with Gasteiger partial charge in [0.25, 0.3) is 0 Å². The number of nitrogens with zero attached hydrogens (tertiary/aromatic N) is 4. The molecular weight excluding hydrogens is 198 g/mol. The molecule has 6 heteroatoms. The molecule has 2 aromatic heterocycles. The van der Waals surface area contributed by atoms with Crippen molar-refractivity contribution in [3.05, 3.63) is 17.7 Å². The van der Waals surface area contributed by atoms with Crippen LogP contribution in [0.3, 0.4) is 0 Å². The molecule has 0 saturated carbocycles. The summed E-state index contributed by atoms with van der Waals surface area (Å²) in [7, 11) is 1.89. The van der Waals surface area contributed by atoms with Crippen LogP contribution >= 0.6 is 11.5 Å². The van der Waals surface area contributed by atoms with E-state index < -0.39 is 0 Å². The molecule has 5 nitrogen and oxygen atoms in total. The van der Waals surface area contributed by atoms with E-state index in [9.17, 15) is 0 Å². The van der Waals surface area contributed by atoms with Gasteiger partial charge in [-0.25, -0.2) is 4.98 Å². The number of anilines is 2. The van der Waals surface area contributed by atoms with E-state index in [0.717, 1.165) is 22.3 Å². The zero-order chi connectivity index (χ0) is 10.1. The Balaban J connectivity index is 2.22. The summed E-state index contributed by atoms with van der Waals surface area (Å²) in [6.07, 6.45) is 1.92. The Labute approximate surface area is 86.0 Å². The van der Waals surface area contributed by atoms with Gasteiger partial charge in [0.05, 0.1) is 11.4 Å². The zero-order valence-electron chi connectivity index (χ0n) is 8.27. The Morgan fingerprint density at radius 2 is 2.21 bits per heavy atom. The third kappa shape index (κ3) is 1.74. The predicted molar refractivity (Wildman–Crippen MR) is 55.9 cm³/mol. The quantitative estimate of drug-likeness (QED) is 0.816.